The van der Waals surface area contributed by atoms with Crippen molar-refractivity contribution >= 4 is 0 Å². The third-order valence-electron chi connectivity index (χ3n) is 3.81. The quantitative estimate of drug-likeness (QED) is 0.832. The van der Waals surface area contributed by atoms with Gasteiger partial charge in [-0.2, -0.15) is 0 Å². The van der Waals surface area contributed by atoms with Crippen LogP contribution in [0.4, 0.5) is 8.78 Å². The zero-order valence-electron chi connectivity index (χ0n) is 10.6. The first-order valence-corrected chi connectivity index (χ1v) is 6.28. The number of benzene rings is 2. The molecular formula is C16H14F2O. The van der Waals surface area contributed by atoms with Crippen LogP contribution in [0.2, 0.25) is 0 Å². The highest BCUT2D eigenvalue weighted by molar-refractivity contribution is 5.46. The number of aliphatic hydroxyl groups is 1. The second kappa shape index (κ2) is 4.14. The van der Waals surface area contributed by atoms with Crippen LogP contribution in [0.3, 0.4) is 0 Å². The first-order chi connectivity index (χ1) is 8.99. The van der Waals surface area contributed by atoms with Crippen molar-refractivity contribution in [1.82, 2.24) is 0 Å². The molecule has 0 saturated carbocycles. The average molecular weight is 260 g/mol. The Balaban J connectivity index is 2.18. The fourth-order valence-corrected chi connectivity index (χ4v) is 2.84. The van der Waals surface area contributed by atoms with Gasteiger partial charge in [-0.25, -0.2) is 8.78 Å². The maximum Gasteiger partial charge on any atom is 0.126 e. The number of hydrogen-bond donors (Lipinski definition) is 1. The van der Waals surface area contributed by atoms with Gasteiger partial charge >= 0.3 is 0 Å². The van der Waals surface area contributed by atoms with Gasteiger partial charge in [0.05, 0.1) is 0 Å². The minimum atomic E-state index is -1.29. The Bertz CT molecular complexity index is 631. The molecule has 0 radical (unpaired) electrons. The van der Waals surface area contributed by atoms with Crippen molar-refractivity contribution in [2.24, 2.45) is 0 Å². The van der Waals surface area contributed by atoms with Crippen LogP contribution >= 0.6 is 0 Å². The maximum absolute atomic E-state index is 13.4. The number of fused-ring (bicyclic) bond motifs is 1. The van der Waals surface area contributed by atoms with E-state index in [0.717, 1.165) is 22.8 Å². The minimum Gasteiger partial charge on any atom is -0.380 e. The van der Waals surface area contributed by atoms with Gasteiger partial charge in [-0.05, 0) is 48.6 Å². The van der Waals surface area contributed by atoms with Crippen molar-refractivity contribution in [3.63, 3.8) is 0 Å². The lowest BCUT2D eigenvalue weighted by molar-refractivity contribution is 0.0821. The van der Waals surface area contributed by atoms with Gasteiger partial charge < -0.3 is 5.11 Å². The molecule has 0 aromatic heterocycles. The van der Waals surface area contributed by atoms with Gasteiger partial charge in [-0.15, -0.1) is 0 Å². The fraction of sp³-hybridized carbons (Fsp3) is 0.250. The lowest BCUT2D eigenvalue weighted by Gasteiger charge is -2.25. The maximum atomic E-state index is 13.4. The van der Waals surface area contributed by atoms with Gasteiger partial charge in [0.2, 0.25) is 0 Å². The molecule has 1 aliphatic carbocycles. The second-order valence-corrected chi connectivity index (χ2v) is 5.18. The van der Waals surface area contributed by atoms with E-state index in [1.165, 1.54) is 12.1 Å². The van der Waals surface area contributed by atoms with Crippen LogP contribution in [0.5, 0.6) is 0 Å². The molecule has 19 heavy (non-hydrogen) atoms. The molecule has 0 amide bonds. The summed E-state index contributed by atoms with van der Waals surface area (Å²) in [6, 6.07) is 9.08. The SMILES string of the molecule is Cc1ccc2c(c1)C(O)(c1cc(F)cc(F)c1)CC2. The van der Waals surface area contributed by atoms with Crippen LogP contribution in [0.1, 0.15) is 28.7 Å². The van der Waals surface area contributed by atoms with Crippen LogP contribution < -0.4 is 0 Å². The van der Waals surface area contributed by atoms with E-state index in [4.69, 9.17) is 0 Å². The van der Waals surface area contributed by atoms with Gasteiger partial charge in [0.1, 0.15) is 17.2 Å². The van der Waals surface area contributed by atoms with Crippen LogP contribution in [-0.4, -0.2) is 5.11 Å². The molecule has 3 rings (SSSR count). The molecule has 0 saturated heterocycles. The summed E-state index contributed by atoms with van der Waals surface area (Å²) in [6.45, 7) is 1.94. The minimum absolute atomic E-state index is 0.286. The second-order valence-electron chi connectivity index (χ2n) is 5.18. The van der Waals surface area contributed by atoms with Gasteiger partial charge in [0.25, 0.3) is 0 Å². The lowest BCUT2D eigenvalue weighted by atomic mass is 9.87. The van der Waals surface area contributed by atoms with E-state index in [9.17, 15) is 13.9 Å². The molecule has 98 valence electrons. The Labute approximate surface area is 110 Å². The molecule has 0 fully saturated rings. The third kappa shape index (κ3) is 1.94. The van der Waals surface area contributed by atoms with Crippen LogP contribution in [0, 0.1) is 18.6 Å². The third-order valence-corrected chi connectivity index (χ3v) is 3.81. The molecule has 2 aromatic rings. The predicted octanol–water partition coefficient (Wildman–Crippen LogP) is 3.46. The fourth-order valence-electron chi connectivity index (χ4n) is 2.84. The molecule has 1 nitrogen and oxygen atoms in total. The van der Waals surface area contributed by atoms with Crippen molar-refractivity contribution in [1.29, 1.82) is 0 Å². The first kappa shape index (κ1) is 12.3. The molecule has 1 atom stereocenters. The first-order valence-electron chi connectivity index (χ1n) is 6.28. The summed E-state index contributed by atoms with van der Waals surface area (Å²) in [5.74, 6) is -1.32. The summed E-state index contributed by atoms with van der Waals surface area (Å²) >= 11 is 0. The number of aryl methyl sites for hydroxylation is 2. The largest absolute Gasteiger partial charge is 0.380 e. The molecule has 2 aromatic carbocycles. The van der Waals surface area contributed by atoms with Crippen molar-refractivity contribution in [2.75, 3.05) is 0 Å². The molecule has 1 unspecified atom stereocenters. The Hall–Kier alpha value is -1.74. The highest BCUT2D eigenvalue weighted by Crippen LogP contribution is 2.42. The van der Waals surface area contributed by atoms with E-state index in [1.807, 2.05) is 25.1 Å². The highest BCUT2D eigenvalue weighted by Gasteiger charge is 2.38. The van der Waals surface area contributed by atoms with E-state index in [2.05, 4.69) is 0 Å². The molecule has 0 bridgehead atoms. The highest BCUT2D eigenvalue weighted by atomic mass is 19.1. The summed E-state index contributed by atoms with van der Waals surface area (Å²) < 4.78 is 26.7. The smallest absolute Gasteiger partial charge is 0.126 e. The van der Waals surface area contributed by atoms with Crippen molar-refractivity contribution < 1.29 is 13.9 Å². The zero-order valence-corrected chi connectivity index (χ0v) is 10.6. The Kier molecular flexibility index (Phi) is 2.68. The molecule has 0 heterocycles. The Morgan fingerprint density at radius 3 is 2.42 bits per heavy atom. The molecule has 1 N–H and O–H groups in total. The summed E-state index contributed by atoms with van der Waals surface area (Å²) in [4.78, 5) is 0. The summed E-state index contributed by atoms with van der Waals surface area (Å²) in [6.07, 6.45) is 1.17. The van der Waals surface area contributed by atoms with E-state index >= 15 is 0 Å². The van der Waals surface area contributed by atoms with Gasteiger partial charge in [-0.3, -0.25) is 0 Å². The number of hydrogen-bond acceptors (Lipinski definition) is 1. The Morgan fingerprint density at radius 2 is 1.74 bits per heavy atom. The Morgan fingerprint density at radius 1 is 1.05 bits per heavy atom. The monoisotopic (exact) mass is 260 g/mol. The molecule has 3 heteroatoms. The van der Waals surface area contributed by atoms with Crippen LogP contribution in [-0.2, 0) is 12.0 Å². The van der Waals surface area contributed by atoms with E-state index < -0.39 is 17.2 Å². The zero-order chi connectivity index (χ0) is 13.6. The molecular weight excluding hydrogens is 246 g/mol. The van der Waals surface area contributed by atoms with Gasteiger partial charge in [-0.1, -0.05) is 23.8 Å². The standard InChI is InChI=1S/C16H14F2O/c1-10-2-3-11-4-5-16(19,15(11)6-10)12-7-13(17)9-14(18)8-12/h2-3,6-9,19H,4-5H2,1H3. The average Bonchev–Trinajstić information content (AvgIpc) is 2.67. The summed E-state index contributed by atoms with van der Waals surface area (Å²) in [5, 5.41) is 10.9. The van der Waals surface area contributed by atoms with Crippen LogP contribution in [0.15, 0.2) is 36.4 Å². The summed E-state index contributed by atoms with van der Waals surface area (Å²) in [7, 11) is 0. The summed E-state index contributed by atoms with van der Waals surface area (Å²) in [5.41, 5.74) is 1.82. The van der Waals surface area contributed by atoms with Crippen LogP contribution in [0.25, 0.3) is 0 Å². The molecule has 0 aliphatic heterocycles. The lowest BCUT2D eigenvalue weighted by Crippen LogP contribution is -2.24. The topological polar surface area (TPSA) is 20.2 Å². The van der Waals surface area contributed by atoms with Gasteiger partial charge in [0.15, 0.2) is 0 Å². The van der Waals surface area contributed by atoms with E-state index in [1.54, 1.807) is 0 Å². The predicted molar refractivity (Wildman–Crippen MR) is 68.9 cm³/mol. The van der Waals surface area contributed by atoms with Gasteiger partial charge in [0, 0.05) is 6.07 Å². The normalized spacial score (nSPS) is 21.5. The number of halogens is 2. The van der Waals surface area contributed by atoms with E-state index in [0.29, 0.717) is 12.8 Å². The van der Waals surface area contributed by atoms with Crippen molar-refractivity contribution in [3.8, 4) is 0 Å². The van der Waals surface area contributed by atoms with Crippen molar-refractivity contribution in [3.05, 3.63) is 70.3 Å². The van der Waals surface area contributed by atoms with E-state index in [-0.39, 0.29) is 5.56 Å². The van der Waals surface area contributed by atoms with Crippen molar-refractivity contribution in [2.45, 2.75) is 25.4 Å². The molecule has 1 aliphatic rings. The molecule has 0 spiro atoms. The number of rotatable bonds is 1.